The minimum Gasteiger partial charge on any atom is -0.497 e. The fourth-order valence-electron chi connectivity index (χ4n) is 2.79. The molecular formula is C17H26N2O2. The van der Waals surface area contributed by atoms with Gasteiger partial charge in [0.15, 0.2) is 0 Å². The van der Waals surface area contributed by atoms with Gasteiger partial charge in [0.05, 0.1) is 12.5 Å². The normalized spacial score (nSPS) is 16.9. The van der Waals surface area contributed by atoms with E-state index < -0.39 is 5.41 Å². The van der Waals surface area contributed by atoms with Gasteiger partial charge in [-0.05, 0) is 38.1 Å². The number of carbonyl (C=O) groups is 1. The Hall–Kier alpha value is -1.55. The lowest BCUT2D eigenvalue weighted by Crippen LogP contribution is -2.53. The lowest BCUT2D eigenvalue weighted by molar-refractivity contribution is -0.138. The molecule has 0 bridgehead atoms. The lowest BCUT2D eigenvalue weighted by Gasteiger charge is -2.38. The van der Waals surface area contributed by atoms with Crippen LogP contribution < -0.4 is 4.74 Å². The lowest BCUT2D eigenvalue weighted by atomic mass is 9.83. The number of likely N-dealkylation sites (N-methyl/N-ethyl adjacent to an activating group) is 1. The number of benzene rings is 1. The zero-order valence-corrected chi connectivity index (χ0v) is 13.6. The van der Waals surface area contributed by atoms with Crippen molar-refractivity contribution < 1.29 is 9.53 Å². The number of piperazine rings is 1. The number of carbonyl (C=O) groups excluding carboxylic acids is 1. The van der Waals surface area contributed by atoms with Gasteiger partial charge in [0.1, 0.15) is 5.75 Å². The van der Waals surface area contributed by atoms with Gasteiger partial charge in [-0.25, -0.2) is 0 Å². The van der Waals surface area contributed by atoms with E-state index in [4.69, 9.17) is 4.74 Å². The van der Waals surface area contributed by atoms with E-state index in [0.717, 1.165) is 44.0 Å². The van der Waals surface area contributed by atoms with Crippen molar-refractivity contribution >= 4 is 5.91 Å². The molecule has 0 saturated carbocycles. The van der Waals surface area contributed by atoms with Crippen LogP contribution in [-0.2, 0) is 10.2 Å². The van der Waals surface area contributed by atoms with Crippen molar-refractivity contribution in [2.24, 2.45) is 0 Å². The van der Waals surface area contributed by atoms with Crippen LogP contribution in [0.3, 0.4) is 0 Å². The molecule has 1 saturated heterocycles. The average molecular weight is 290 g/mol. The van der Waals surface area contributed by atoms with Crippen LogP contribution in [0.25, 0.3) is 0 Å². The third kappa shape index (κ3) is 3.38. The second-order valence-corrected chi connectivity index (χ2v) is 6.08. The molecule has 4 heteroatoms. The van der Waals surface area contributed by atoms with E-state index in [1.54, 1.807) is 7.11 Å². The molecule has 0 spiro atoms. The summed E-state index contributed by atoms with van der Waals surface area (Å²) in [5, 5.41) is 0. The first kappa shape index (κ1) is 15.8. The highest BCUT2D eigenvalue weighted by Gasteiger charge is 2.34. The second-order valence-electron chi connectivity index (χ2n) is 6.08. The van der Waals surface area contributed by atoms with Gasteiger partial charge >= 0.3 is 0 Å². The Balaban J connectivity index is 2.09. The first-order valence-corrected chi connectivity index (χ1v) is 7.65. The Morgan fingerprint density at radius 3 is 2.19 bits per heavy atom. The molecule has 21 heavy (non-hydrogen) atoms. The van der Waals surface area contributed by atoms with Gasteiger partial charge in [0, 0.05) is 26.2 Å². The highest BCUT2D eigenvalue weighted by molar-refractivity contribution is 5.87. The molecule has 1 fully saturated rings. The van der Waals surface area contributed by atoms with E-state index in [-0.39, 0.29) is 5.91 Å². The van der Waals surface area contributed by atoms with Gasteiger partial charge in [-0.15, -0.1) is 0 Å². The molecule has 1 aliphatic heterocycles. The van der Waals surface area contributed by atoms with Crippen LogP contribution in [0.15, 0.2) is 24.3 Å². The van der Waals surface area contributed by atoms with Crippen LogP contribution in [0.4, 0.5) is 0 Å². The average Bonchev–Trinajstić information content (AvgIpc) is 2.54. The summed E-state index contributed by atoms with van der Waals surface area (Å²) in [6.45, 7) is 10.8. The van der Waals surface area contributed by atoms with Gasteiger partial charge in [0.25, 0.3) is 0 Å². The van der Waals surface area contributed by atoms with Crippen molar-refractivity contribution in [1.82, 2.24) is 9.80 Å². The topological polar surface area (TPSA) is 32.8 Å². The molecule has 1 aromatic rings. The number of ether oxygens (including phenoxy) is 1. The van der Waals surface area contributed by atoms with E-state index in [0.29, 0.717) is 0 Å². The summed E-state index contributed by atoms with van der Waals surface area (Å²) in [5.41, 5.74) is 0.534. The number of rotatable bonds is 4. The smallest absolute Gasteiger partial charge is 0.232 e. The maximum absolute atomic E-state index is 12.8. The molecule has 0 radical (unpaired) electrons. The van der Waals surface area contributed by atoms with Crippen molar-refractivity contribution in [3.05, 3.63) is 29.8 Å². The van der Waals surface area contributed by atoms with Crippen molar-refractivity contribution in [2.75, 3.05) is 39.8 Å². The van der Waals surface area contributed by atoms with Crippen LogP contribution in [0.5, 0.6) is 5.75 Å². The van der Waals surface area contributed by atoms with Crippen molar-refractivity contribution in [3.63, 3.8) is 0 Å². The molecule has 0 unspecified atom stereocenters. The summed E-state index contributed by atoms with van der Waals surface area (Å²) in [6, 6.07) is 7.80. The third-order valence-electron chi connectivity index (χ3n) is 4.45. The number of hydrogen-bond acceptors (Lipinski definition) is 3. The Morgan fingerprint density at radius 2 is 1.71 bits per heavy atom. The molecule has 0 N–H and O–H groups in total. The molecule has 0 atom stereocenters. The molecule has 4 nitrogen and oxygen atoms in total. The minimum absolute atomic E-state index is 0.211. The Labute approximate surface area is 127 Å². The fraction of sp³-hybridized carbons (Fsp3) is 0.588. The number of amides is 1. The van der Waals surface area contributed by atoms with Crippen LogP contribution in [0, 0.1) is 0 Å². The van der Waals surface area contributed by atoms with Gasteiger partial charge in [0.2, 0.25) is 5.91 Å². The first-order chi connectivity index (χ1) is 9.98. The molecule has 0 aromatic heterocycles. The van der Waals surface area contributed by atoms with Gasteiger partial charge in [-0.1, -0.05) is 19.1 Å². The van der Waals surface area contributed by atoms with Crippen molar-refractivity contribution in [3.8, 4) is 5.75 Å². The summed E-state index contributed by atoms with van der Waals surface area (Å²) in [4.78, 5) is 17.2. The van der Waals surface area contributed by atoms with Gasteiger partial charge in [-0.3, -0.25) is 4.79 Å². The summed E-state index contributed by atoms with van der Waals surface area (Å²) < 4.78 is 5.18. The van der Waals surface area contributed by atoms with Crippen LogP contribution >= 0.6 is 0 Å². The quantitative estimate of drug-likeness (QED) is 0.851. The van der Waals surface area contributed by atoms with E-state index in [2.05, 4.69) is 11.8 Å². The standard InChI is InChI=1S/C17H26N2O2/c1-5-18-10-12-19(13-11-18)16(20)17(2,3)14-6-8-15(21-4)9-7-14/h6-9H,5,10-13H2,1-4H3. The molecule has 0 aliphatic carbocycles. The largest absolute Gasteiger partial charge is 0.497 e. The predicted octanol–water partition coefficient (Wildman–Crippen LogP) is 2.14. The minimum atomic E-state index is -0.499. The Morgan fingerprint density at radius 1 is 1.14 bits per heavy atom. The SMILES string of the molecule is CCN1CCN(C(=O)C(C)(C)c2ccc(OC)cc2)CC1. The van der Waals surface area contributed by atoms with Crippen LogP contribution in [0.2, 0.25) is 0 Å². The number of nitrogens with zero attached hydrogens (tertiary/aromatic N) is 2. The maximum Gasteiger partial charge on any atom is 0.232 e. The van der Waals surface area contributed by atoms with E-state index in [9.17, 15) is 4.79 Å². The highest BCUT2D eigenvalue weighted by atomic mass is 16.5. The molecular weight excluding hydrogens is 264 g/mol. The second kappa shape index (κ2) is 6.48. The first-order valence-electron chi connectivity index (χ1n) is 7.65. The predicted molar refractivity (Wildman–Crippen MR) is 84.7 cm³/mol. The van der Waals surface area contributed by atoms with E-state index in [1.165, 1.54) is 0 Å². The number of hydrogen-bond donors (Lipinski definition) is 0. The van der Waals surface area contributed by atoms with Crippen molar-refractivity contribution in [1.29, 1.82) is 0 Å². The van der Waals surface area contributed by atoms with Crippen LogP contribution in [0.1, 0.15) is 26.3 Å². The summed E-state index contributed by atoms with van der Waals surface area (Å²) in [7, 11) is 1.65. The molecule has 1 aromatic carbocycles. The zero-order chi connectivity index (χ0) is 15.5. The molecule has 116 valence electrons. The number of methoxy groups -OCH3 is 1. The molecule has 1 heterocycles. The van der Waals surface area contributed by atoms with E-state index in [1.807, 2.05) is 43.0 Å². The Kier molecular flexibility index (Phi) is 4.88. The summed E-state index contributed by atoms with van der Waals surface area (Å²) >= 11 is 0. The zero-order valence-electron chi connectivity index (χ0n) is 13.6. The van der Waals surface area contributed by atoms with Crippen LogP contribution in [-0.4, -0.2) is 55.5 Å². The van der Waals surface area contributed by atoms with Gasteiger partial charge < -0.3 is 14.5 Å². The summed E-state index contributed by atoms with van der Waals surface area (Å²) in [6.07, 6.45) is 0. The summed E-state index contributed by atoms with van der Waals surface area (Å²) in [5.74, 6) is 1.03. The Bertz CT molecular complexity index is 474. The van der Waals surface area contributed by atoms with Gasteiger partial charge in [-0.2, -0.15) is 0 Å². The molecule has 1 aliphatic rings. The molecule has 2 rings (SSSR count). The monoisotopic (exact) mass is 290 g/mol. The highest BCUT2D eigenvalue weighted by Crippen LogP contribution is 2.28. The van der Waals surface area contributed by atoms with Crippen molar-refractivity contribution in [2.45, 2.75) is 26.2 Å². The third-order valence-corrected chi connectivity index (χ3v) is 4.45. The van der Waals surface area contributed by atoms with E-state index >= 15 is 0 Å². The maximum atomic E-state index is 12.8. The molecule has 1 amide bonds. The fourth-order valence-corrected chi connectivity index (χ4v) is 2.79.